The summed E-state index contributed by atoms with van der Waals surface area (Å²) in [6.07, 6.45) is -13.3. The average molecular weight is 552 g/mol. The van der Waals surface area contributed by atoms with Gasteiger partial charge in [0.05, 0.1) is 6.61 Å². The molecule has 17 nitrogen and oxygen atoms in total. The second kappa shape index (κ2) is 9.09. The fraction of sp³-hybridized carbons (Fsp3) is 0.600. The monoisotopic (exact) mass is 552 g/mol. The van der Waals surface area contributed by atoms with Gasteiger partial charge in [0.1, 0.15) is 18.3 Å². The van der Waals surface area contributed by atoms with Crippen LogP contribution in [0.5, 0.6) is 0 Å². The Hall–Kier alpha value is -1.24. The van der Waals surface area contributed by atoms with Gasteiger partial charge in [-0.25, -0.2) is 18.5 Å². The molecule has 1 aliphatic heterocycles. The molecule has 1 saturated heterocycles. The molecule has 0 radical (unpaired) electrons. The molecule has 0 spiro atoms. The van der Waals surface area contributed by atoms with Crippen molar-refractivity contribution >= 4 is 23.5 Å². The molecule has 1 aromatic heterocycles. The van der Waals surface area contributed by atoms with Crippen molar-refractivity contribution in [2.45, 2.75) is 30.2 Å². The number of ether oxygens (including phenoxy) is 1. The summed E-state index contributed by atoms with van der Waals surface area (Å²) in [6.45, 7) is -1.57. The molecule has 2 unspecified atom stereocenters. The molecule has 7 N–H and O–H groups in total. The number of nitrogens with one attached hydrogen (secondary N) is 1. The fourth-order valence-electron chi connectivity index (χ4n) is 2.66. The van der Waals surface area contributed by atoms with Crippen molar-refractivity contribution in [1.29, 1.82) is 0 Å². The summed E-state index contributed by atoms with van der Waals surface area (Å²) >= 11 is 0. The number of rotatable bonds is 8. The van der Waals surface area contributed by atoms with Crippen LogP contribution in [0.15, 0.2) is 21.9 Å². The van der Waals surface area contributed by atoms with Crippen molar-refractivity contribution in [3.8, 4) is 0 Å². The minimum Gasteiger partial charge on any atom is -0.387 e. The number of aliphatic hydroxyl groups is 2. The summed E-state index contributed by atoms with van der Waals surface area (Å²) in [5, 5.41) is 20.0. The van der Waals surface area contributed by atoms with E-state index in [9.17, 15) is 51.6 Å². The zero-order valence-corrected chi connectivity index (χ0v) is 18.1. The Morgan fingerprint density at radius 3 is 2.15 bits per heavy atom. The lowest BCUT2D eigenvalue weighted by Gasteiger charge is -2.35. The Labute approximate surface area is 178 Å². The Morgan fingerprint density at radius 2 is 1.67 bits per heavy atom. The van der Waals surface area contributed by atoms with Gasteiger partial charge < -0.3 is 34.5 Å². The van der Waals surface area contributed by atoms with Crippen molar-refractivity contribution in [3.05, 3.63) is 33.1 Å². The van der Waals surface area contributed by atoms with Crippen LogP contribution >= 0.6 is 23.5 Å². The summed E-state index contributed by atoms with van der Waals surface area (Å²) in [5.41, 5.74) is -6.87. The van der Waals surface area contributed by atoms with E-state index >= 15 is 0 Å². The first-order valence-corrected chi connectivity index (χ1v) is 12.4. The van der Waals surface area contributed by atoms with Crippen molar-refractivity contribution in [3.63, 3.8) is 0 Å². The molecule has 190 valence electrons. The quantitative estimate of drug-likeness (QED) is 0.176. The number of phosphoric ester groups is 1. The molecular formula is C10H14F3N2O15P3. The first kappa shape index (κ1) is 28.0. The molecule has 0 bridgehead atoms. The van der Waals surface area contributed by atoms with E-state index in [1.165, 1.54) is 4.98 Å². The fourth-order valence-corrected chi connectivity index (χ4v) is 5.69. The summed E-state index contributed by atoms with van der Waals surface area (Å²) in [6, 6.07) is 0.455. The molecule has 1 aliphatic rings. The first-order chi connectivity index (χ1) is 14.7. The van der Waals surface area contributed by atoms with Crippen LogP contribution in [0.25, 0.3) is 0 Å². The third-order valence-electron chi connectivity index (χ3n) is 3.84. The first-order valence-electron chi connectivity index (χ1n) is 7.92. The number of aliphatic hydroxyl groups excluding tert-OH is 2. The number of hydrogen-bond acceptors (Lipinski definition) is 11. The molecule has 0 aromatic carbocycles. The third kappa shape index (κ3) is 6.26. The van der Waals surface area contributed by atoms with Gasteiger partial charge in [0, 0.05) is 12.3 Å². The van der Waals surface area contributed by atoms with Gasteiger partial charge in [-0.3, -0.25) is 18.9 Å². The largest absolute Gasteiger partial charge is 0.490 e. The third-order valence-corrected chi connectivity index (χ3v) is 7.64. The molecule has 2 heterocycles. The number of phosphoric acid groups is 3. The van der Waals surface area contributed by atoms with Crippen LogP contribution in [-0.2, 0) is 37.3 Å². The Kier molecular flexibility index (Phi) is 7.71. The molecule has 6 atom stereocenters. The predicted octanol–water partition coefficient (Wildman–Crippen LogP) is -1.78. The van der Waals surface area contributed by atoms with Crippen LogP contribution < -0.4 is 11.2 Å². The summed E-state index contributed by atoms with van der Waals surface area (Å²) in [5.74, 6) is 0. The highest BCUT2D eigenvalue weighted by Crippen LogP contribution is 2.66. The van der Waals surface area contributed by atoms with Gasteiger partial charge in [-0.15, -0.1) is 0 Å². The minimum absolute atomic E-state index is 0.287. The van der Waals surface area contributed by atoms with Gasteiger partial charge in [0.25, 0.3) is 11.3 Å². The van der Waals surface area contributed by atoms with E-state index in [4.69, 9.17) is 14.7 Å². The number of alkyl halides is 3. The SMILES string of the molecule is O=c1ccn([C@]2(C(F)(F)F)O[C@H](COP(=O)(O)OP(=O)(O)OP(=O)(O)O)[C@@H](O)[C@H]2O)c(=O)[nH]1. The van der Waals surface area contributed by atoms with Crippen LogP contribution in [0.4, 0.5) is 13.2 Å². The number of nitrogens with zero attached hydrogens (tertiary/aromatic N) is 1. The van der Waals surface area contributed by atoms with E-state index in [0.29, 0.717) is 6.07 Å². The van der Waals surface area contributed by atoms with Crippen molar-refractivity contribution < 1.29 is 74.5 Å². The number of hydrogen-bond donors (Lipinski definition) is 7. The summed E-state index contributed by atoms with van der Waals surface area (Å²) < 4.78 is 90.2. The zero-order chi connectivity index (χ0) is 25.6. The number of aromatic nitrogens is 2. The zero-order valence-electron chi connectivity index (χ0n) is 15.4. The van der Waals surface area contributed by atoms with Crippen LogP contribution in [-0.4, -0.2) is 70.4 Å². The van der Waals surface area contributed by atoms with Gasteiger partial charge in [0.15, 0.2) is 0 Å². The summed E-state index contributed by atoms with van der Waals surface area (Å²) in [7, 11) is -17.5. The lowest BCUT2D eigenvalue weighted by Crippen LogP contribution is -2.60. The van der Waals surface area contributed by atoms with E-state index in [-0.39, 0.29) is 10.8 Å². The molecule has 23 heteroatoms. The topological polar surface area (TPSA) is 264 Å². The predicted molar refractivity (Wildman–Crippen MR) is 92.1 cm³/mol. The minimum atomic E-state index is -5.95. The van der Waals surface area contributed by atoms with Gasteiger partial charge in [0.2, 0.25) is 0 Å². The van der Waals surface area contributed by atoms with Crippen LogP contribution in [0, 0.1) is 0 Å². The van der Waals surface area contributed by atoms with Gasteiger partial charge in [-0.05, 0) is 0 Å². The van der Waals surface area contributed by atoms with Crippen molar-refractivity contribution in [1.82, 2.24) is 9.55 Å². The molecule has 1 aromatic rings. The standard InChI is InChI=1S/C10H14F3N2O15P3/c11-10(12,13)9(15-2-1-5(16)14-8(15)19)7(18)6(17)4(28-9)3-27-32(23,24)30-33(25,26)29-31(20,21)22/h1-2,4,6-7,17-18H,3H2,(H,23,24)(H,25,26)(H,14,16,19)(H2,20,21,22)/t4-,6-,7-,9+/m1/s1. The Balaban J connectivity index is 2.31. The summed E-state index contributed by atoms with van der Waals surface area (Å²) in [4.78, 5) is 59.7. The van der Waals surface area contributed by atoms with Gasteiger partial charge in [-0.1, -0.05) is 0 Å². The average Bonchev–Trinajstić information content (AvgIpc) is 2.82. The molecule has 2 rings (SSSR count). The highest BCUT2D eigenvalue weighted by Gasteiger charge is 2.70. The maximum Gasteiger partial charge on any atom is 0.490 e. The molecule has 0 amide bonds. The molecule has 1 fully saturated rings. The molecular weight excluding hydrogens is 538 g/mol. The van der Waals surface area contributed by atoms with Crippen LogP contribution in [0.3, 0.4) is 0 Å². The normalized spacial score (nSPS) is 30.0. The Bertz CT molecular complexity index is 1140. The lowest BCUT2D eigenvalue weighted by molar-refractivity contribution is -0.333. The van der Waals surface area contributed by atoms with E-state index in [2.05, 4.69) is 17.9 Å². The number of aromatic amines is 1. The second-order valence-corrected chi connectivity index (χ2v) is 10.6. The lowest BCUT2D eigenvalue weighted by atomic mass is 10.0. The molecule has 0 aliphatic carbocycles. The van der Waals surface area contributed by atoms with Crippen LogP contribution in [0.1, 0.15) is 0 Å². The van der Waals surface area contributed by atoms with Crippen molar-refractivity contribution in [2.75, 3.05) is 6.61 Å². The Morgan fingerprint density at radius 1 is 1.09 bits per heavy atom. The highest BCUT2D eigenvalue weighted by atomic mass is 31.3. The highest BCUT2D eigenvalue weighted by molar-refractivity contribution is 7.66. The number of halogens is 3. The smallest absolute Gasteiger partial charge is 0.387 e. The maximum atomic E-state index is 13.9. The molecule has 0 saturated carbocycles. The maximum absolute atomic E-state index is 13.9. The van der Waals surface area contributed by atoms with Crippen molar-refractivity contribution in [2.24, 2.45) is 0 Å². The van der Waals surface area contributed by atoms with E-state index < -0.39 is 71.5 Å². The van der Waals surface area contributed by atoms with Gasteiger partial charge >= 0.3 is 35.3 Å². The van der Waals surface area contributed by atoms with Gasteiger partial charge in [-0.2, -0.15) is 21.8 Å². The molecule has 33 heavy (non-hydrogen) atoms. The van der Waals surface area contributed by atoms with E-state index in [0.717, 1.165) is 0 Å². The second-order valence-electron chi connectivity index (χ2n) is 6.15. The van der Waals surface area contributed by atoms with E-state index in [1.54, 1.807) is 0 Å². The number of H-pyrrole nitrogens is 1. The van der Waals surface area contributed by atoms with E-state index in [1.807, 2.05) is 0 Å². The van der Waals surface area contributed by atoms with Crippen LogP contribution in [0.2, 0.25) is 0 Å².